The third-order valence-corrected chi connectivity index (χ3v) is 4.72. The molecule has 2 rings (SSSR count). The molecule has 2 aliphatic rings. The lowest BCUT2D eigenvalue weighted by Crippen LogP contribution is -2.47. The summed E-state index contributed by atoms with van der Waals surface area (Å²) in [4.78, 5) is 14.8. The van der Waals surface area contributed by atoms with Gasteiger partial charge in [0.25, 0.3) is 0 Å². The van der Waals surface area contributed by atoms with E-state index in [0.29, 0.717) is 17.9 Å². The van der Waals surface area contributed by atoms with E-state index >= 15 is 0 Å². The fourth-order valence-electron chi connectivity index (χ4n) is 3.36. The third kappa shape index (κ3) is 3.69. The van der Waals surface area contributed by atoms with Crippen molar-refractivity contribution in [2.75, 3.05) is 32.7 Å². The molecule has 0 aliphatic carbocycles. The molecule has 1 amide bonds. The van der Waals surface area contributed by atoms with Gasteiger partial charge in [0, 0.05) is 19.1 Å². The number of rotatable bonds is 5. The van der Waals surface area contributed by atoms with Crippen molar-refractivity contribution in [3.8, 4) is 0 Å². The largest absolute Gasteiger partial charge is 0.354 e. The van der Waals surface area contributed by atoms with E-state index in [4.69, 9.17) is 0 Å². The van der Waals surface area contributed by atoms with Crippen molar-refractivity contribution in [1.29, 1.82) is 0 Å². The Bertz CT molecular complexity index is 300. The van der Waals surface area contributed by atoms with Gasteiger partial charge < -0.3 is 10.6 Å². The van der Waals surface area contributed by atoms with Gasteiger partial charge in [-0.15, -0.1) is 0 Å². The van der Waals surface area contributed by atoms with Gasteiger partial charge >= 0.3 is 0 Å². The van der Waals surface area contributed by atoms with Crippen molar-refractivity contribution >= 4 is 5.91 Å². The highest BCUT2D eigenvalue weighted by Gasteiger charge is 2.31. The van der Waals surface area contributed by atoms with E-state index in [2.05, 4.69) is 36.3 Å². The van der Waals surface area contributed by atoms with Crippen LogP contribution < -0.4 is 10.6 Å². The smallest absolute Gasteiger partial charge is 0.224 e. The van der Waals surface area contributed by atoms with Gasteiger partial charge in [0.1, 0.15) is 0 Å². The summed E-state index contributed by atoms with van der Waals surface area (Å²) < 4.78 is 0. The van der Waals surface area contributed by atoms with Crippen LogP contribution in [0, 0.1) is 17.8 Å². The van der Waals surface area contributed by atoms with Crippen molar-refractivity contribution in [3.05, 3.63) is 0 Å². The summed E-state index contributed by atoms with van der Waals surface area (Å²) in [7, 11) is 0. The Labute approximate surface area is 117 Å². The van der Waals surface area contributed by atoms with Crippen LogP contribution in [0.2, 0.25) is 0 Å². The molecule has 2 N–H and O–H groups in total. The fourth-order valence-corrected chi connectivity index (χ4v) is 3.36. The first-order chi connectivity index (χ1) is 9.09. The van der Waals surface area contributed by atoms with Crippen LogP contribution in [0.15, 0.2) is 0 Å². The van der Waals surface area contributed by atoms with Crippen molar-refractivity contribution in [3.63, 3.8) is 0 Å². The van der Waals surface area contributed by atoms with E-state index in [1.165, 1.54) is 25.9 Å². The average Bonchev–Trinajstić information content (AvgIpc) is 3.00. The standard InChI is InChI=1S/C15H29N3O/c1-11(2)14(18-6-4-5-7-18)10-17-15(19)13-9-16-8-12(13)3/h11-14,16H,4-10H2,1-3H3,(H,17,19)/t12-,13-,14?/m1/s1. The van der Waals surface area contributed by atoms with Gasteiger partial charge in [-0.05, 0) is 44.3 Å². The molecule has 19 heavy (non-hydrogen) atoms. The van der Waals surface area contributed by atoms with Gasteiger partial charge in [0.05, 0.1) is 5.92 Å². The zero-order chi connectivity index (χ0) is 13.8. The molecule has 2 heterocycles. The monoisotopic (exact) mass is 267 g/mol. The van der Waals surface area contributed by atoms with Gasteiger partial charge in [-0.1, -0.05) is 20.8 Å². The van der Waals surface area contributed by atoms with Crippen LogP contribution in [0.3, 0.4) is 0 Å². The van der Waals surface area contributed by atoms with Gasteiger partial charge in [-0.2, -0.15) is 0 Å². The minimum absolute atomic E-state index is 0.159. The second kappa shape index (κ2) is 6.71. The lowest BCUT2D eigenvalue weighted by atomic mass is 9.96. The number of amides is 1. The number of carbonyl (C=O) groups excluding carboxylic acids is 1. The van der Waals surface area contributed by atoms with Crippen LogP contribution in [-0.2, 0) is 4.79 Å². The Balaban J connectivity index is 1.82. The molecule has 0 aromatic carbocycles. The first-order valence-electron chi connectivity index (χ1n) is 7.82. The SMILES string of the molecule is CC(C)C(CNC(=O)[C@@H]1CNC[C@H]1C)N1CCCC1. The van der Waals surface area contributed by atoms with Gasteiger partial charge in [0.15, 0.2) is 0 Å². The van der Waals surface area contributed by atoms with Crippen LogP contribution >= 0.6 is 0 Å². The molecule has 0 saturated carbocycles. The number of nitrogens with zero attached hydrogens (tertiary/aromatic N) is 1. The van der Waals surface area contributed by atoms with E-state index in [1.54, 1.807) is 0 Å². The highest BCUT2D eigenvalue weighted by Crippen LogP contribution is 2.18. The van der Waals surface area contributed by atoms with E-state index in [-0.39, 0.29) is 11.8 Å². The van der Waals surface area contributed by atoms with Crippen LogP contribution in [0.1, 0.15) is 33.6 Å². The van der Waals surface area contributed by atoms with Gasteiger partial charge in [-0.25, -0.2) is 0 Å². The zero-order valence-electron chi connectivity index (χ0n) is 12.6. The number of hydrogen-bond donors (Lipinski definition) is 2. The van der Waals surface area contributed by atoms with Crippen molar-refractivity contribution in [2.24, 2.45) is 17.8 Å². The summed E-state index contributed by atoms with van der Waals surface area (Å²) in [6.07, 6.45) is 2.61. The third-order valence-electron chi connectivity index (χ3n) is 4.72. The molecule has 110 valence electrons. The lowest BCUT2D eigenvalue weighted by molar-refractivity contribution is -0.125. The van der Waals surface area contributed by atoms with Gasteiger partial charge in [0.2, 0.25) is 5.91 Å². The molecule has 2 aliphatic heterocycles. The fraction of sp³-hybridized carbons (Fsp3) is 0.933. The topological polar surface area (TPSA) is 44.4 Å². The number of hydrogen-bond acceptors (Lipinski definition) is 3. The Hall–Kier alpha value is -0.610. The molecular formula is C15H29N3O. The normalized spacial score (nSPS) is 29.9. The Morgan fingerprint density at radius 1 is 1.32 bits per heavy atom. The Morgan fingerprint density at radius 2 is 2.00 bits per heavy atom. The molecule has 2 fully saturated rings. The molecule has 0 bridgehead atoms. The molecule has 4 heteroatoms. The first-order valence-corrected chi connectivity index (χ1v) is 7.82. The maximum absolute atomic E-state index is 12.2. The van der Waals surface area contributed by atoms with E-state index in [1.807, 2.05) is 0 Å². The molecule has 4 nitrogen and oxygen atoms in total. The van der Waals surface area contributed by atoms with Crippen molar-refractivity contribution < 1.29 is 4.79 Å². The summed E-state index contributed by atoms with van der Waals surface area (Å²) in [6, 6.07) is 0.496. The average molecular weight is 267 g/mol. The molecule has 0 aromatic rings. The van der Waals surface area contributed by atoms with Crippen molar-refractivity contribution in [1.82, 2.24) is 15.5 Å². The second-order valence-corrected chi connectivity index (χ2v) is 6.54. The number of nitrogens with one attached hydrogen (secondary N) is 2. The summed E-state index contributed by atoms with van der Waals surface area (Å²) in [5, 5.41) is 6.49. The lowest BCUT2D eigenvalue weighted by Gasteiger charge is -2.31. The highest BCUT2D eigenvalue weighted by molar-refractivity contribution is 5.79. The molecule has 2 saturated heterocycles. The molecule has 0 radical (unpaired) electrons. The summed E-state index contributed by atoms with van der Waals surface area (Å²) in [6.45, 7) is 11.7. The van der Waals surface area contributed by atoms with E-state index in [9.17, 15) is 4.79 Å². The van der Waals surface area contributed by atoms with Crippen LogP contribution in [0.25, 0.3) is 0 Å². The minimum atomic E-state index is 0.159. The summed E-state index contributed by atoms with van der Waals surface area (Å²) in [5.74, 6) is 1.45. The first kappa shape index (κ1) is 14.8. The van der Waals surface area contributed by atoms with Gasteiger partial charge in [-0.3, -0.25) is 9.69 Å². The predicted molar refractivity (Wildman–Crippen MR) is 78.0 cm³/mol. The molecule has 0 aromatic heterocycles. The molecule has 1 unspecified atom stereocenters. The maximum atomic E-state index is 12.2. The summed E-state index contributed by atoms with van der Waals surface area (Å²) >= 11 is 0. The maximum Gasteiger partial charge on any atom is 0.224 e. The molecular weight excluding hydrogens is 238 g/mol. The summed E-state index contributed by atoms with van der Waals surface area (Å²) in [5.41, 5.74) is 0. The minimum Gasteiger partial charge on any atom is -0.354 e. The van der Waals surface area contributed by atoms with Crippen LogP contribution in [-0.4, -0.2) is 49.6 Å². The molecule has 0 spiro atoms. The van der Waals surface area contributed by atoms with E-state index < -0.39 is 0 Å². The van der Waals surface area contributed by atoms with E-state index in [0.717, 1.165) is 19.6 Å². The van der Waals surface area contributed by atoms with Crippen molar-refractivity contribution in [2.45, 2.75) is 39.7 Å². The highest BCUT2D eigenvalue weighted by atomic mass is 16.1. The second-order valence-electron chi connectivity index (χ2n) is 6.54. The zero-order valence-corrected chi connectivity index (χ0v) is 12.6. The van der Waals surface area contributed by atoms with Crippen LogP contribution in [0.5, 0.6) is 0 Å². The number of carbonyl (C=O) groups is 1. The Morgan fingerprint density at radius 3 is 2.53 bits per heavy atom. The Kier molecular flexibility index (Phi) is 5.22. The van der Waals surface area contributed by atoms with Crippen LogP contribution in [0.4, 0.5) is 0 Å². The number of likely N-dealkylation sites (tertiary alicyclic amines) is 1. The quantitative estimate of drug-likeness (QED) is 0.783. The predicted octanol–water partition coefficient (Wildman–Crippen LogP) is 1.08. The molecule has 3 atom stereocenters.